The number of allylic oxidation sites excluding steroid dienone is 3. The molecule has 0 radical (unpaired) electrons. The number of hydrogen-bond acceptors (Lipinski definition) is 3. The minimum Gasteiger partial charge on any atom is -0.394 e. The molecule has 3 aliphatic carbocycles. The fourth-order valence-corrected chi connectivity index (χ4v) is 9.86. The second-order valence-corrected chi connectivity index (χ2v) is 21.9. The van der Waals surface area contributed by atoms with Gasteiger partial charge in [-0.05, 0) is 123 Å². The van der Waals surface area contributed by atoms with Crippen molar-refractivity contribution < 1.29 is 18.5 Å². The molecule has 3 atom stereocenters. The molecule has 5 heteroatoms. The van der Waals surface area contributed by atoms with E-state index < -0.39 is 7.82 Å². The van der Waals surface area contributed by atoms with E-state index in [0.717, 1.165) is 78.3 Å². The normalized spacial score (nSPS) is 23.5. The van der Waals surface area contributed by atoms with E-state index >= 15 is 0 Å². The number of benzene rings is 3. The van der Waals surface area contributed by atoms with Crippen LogP contribution in [0.2, 0.25) is 0 Å². The molecule has 1 aliphatic heterocycles. The Labute approximate surface area is 320 Å². The Kier molecular flexibility index (Phi) is 9.38. The van der Waals surface area contributed by atoms with Gasteiger partial charge in [-0.3, -0.25) is 4.89 Å². The molecule has 0 aromatic heterocycles. The van der Waals surface area contributed by atoms with Crippen molar-refractivity contribution in [1.29, 1.82) is 0 Å². The summed E-state index contributed by atoms with van der Waals surface area (Å²) in [6.45, 7) is 27.1. The van der Waals surface area contributed by atoms with Crippen LogP contribution in [0.3, 0.4) is 0 Å². The van der Waals surface area contributed by atoms with Crippen LogP contribution in [-0.4, -0.2) is 4.89 Å². The molecule has 1 heterocycles. The third-order valence-corrected chi connectivity index (χ3v) is 13.1. The molecule has 53 heavy (non-hydrogen) atoms. The third-order valence-electron chi connectivity index (χ3n) is 12.3. The van der Waals surface area contributed by atoms with E-state index in [-0.39, 0.29) is 27.6 Å². The predicted octanol–water partition coefficient (Wildman–Crippen LogP) is 13.5. The summed E-state index contributed by atoms with van der Waals surface area (Å²) in [5, 5.41) is 0. The number of hydrogen-bond donors (Lipinski definition) is 1. The molecule has 0 bridgehead atoms. The maximum atomic E-state index is 14.5. The van der Waals surface area contributed by atoms with Crippen molar-refractivity contribution in [3.63, 3.8) is 0 Å². The van der Waals surface area contributed by atoms with Crippen molar-refractivity contribution in [3.05, 3.63) is 98.8 Å². The number of rotatable bonds is 2. The van der Waals surface area contributed by atoms with Gasteiger partial charge in [-0.2, -0.15) is 0 Å². The van der Waals surface area contributed by atoms with Crippen molar-refractivity contribution in [2.75, 3.05) is 0 Å². The second-order valence-electron chi connectivity index (χ2n) is 20.6. The average Bonchev–Trinajstić information content (AvgIpc) is 3.18. The highest BCUT2D eigenvalue weighted by atomic mass is 31.2. The lowest BCUT2D eigenvalue weighted by Gasteiger charge is -2.38. The van der Waals surface area contributed by atoms with Crippen molar-refractivity contribution in [2.45, 2.75) is 156 Å². The van der Waals surface area contributed by atoms with E-state index in [1.807, 2.05) is 0 Å². The van der Waals surface area contributed by atoms with Crippen LogP contribution in [0.1, 0.15) is 166 Å². The molecule has 3 aromatic carbocycles. The second kappa shape index (κ2) is 13.0. The van der Waals surface area contributed by atoms with E-state index in [2.05, 4.69) is 132 Å². The van der Waals surface area contributed by atoms with Crippen LogP contribution in [0.5, 0.6) is 5.75 Å². The Morgan fingerprint density at radius 2 is 1.13 bits per heavy atom. The lowest BCUT2D eigenvalue weighted by molar-refractivity contribution is 0.256. The molecule has 4 aliphatic rings. The first-order valence-corrected chi connectivity index (χ1v) is 21.7. The molecule has 1 fully saturated rings. The molecule has 7 rings (SSSR count). The maximum Gasteiger partial charge on any atom is 0.584 e. The fourth-order valence-electron chi connectivity index (χ4n) is 8.97. The first-order valence-electron chi connectivity index (χ1n) is 20.2. The van der Waals surface area contributed by atoms with Crippen LogP contribution in [0.15, 0.2) is 54.3 Å². The van der Waals surface area contributed by atoms with Crippen LogP contribution < -0.4 is 4.52 Å². The lowest BCUT2D eigenvalue weighted by atomic mass is 9.66. The smallest absolute Gasteiger partial charge is 0.394 e. The summed E-state index contributed by atoms with van der Waals surface area (Å²) >= 11 is 0. The van der Waals surface area contributed by atoms with Gasteiger partial charge >= 0.3 is 7.82 Å². The van der Waals surface area contributed by atoms with Crippen molar-refractivity contribution in [3.8, 4) is 16.9 Å². The minimum atomic E-state index is -4.62. The average molecular weight is 735 g/mol. The van der Waals surface area contributed by atoms with Gasteiger partial charge in [0, 0.05) is 22.3 Å². The Bertz CT molecular complexity index is 2000. The summed E-state index contributed by atoms with van der Waals surface area (Å²) in [5.74, 6) is 1.56. The fraction of sp³-hybridized carbons (Fsp3) is 0.542. The van der Waals surface area contributed by atoms with Gasteiger partial charge in [0.05, 0.1) is 0 Å². The van der Waals surface area contributed by atoms with Gasteiger partial charge in [-0.15, -0.1) is 0 Å². The van der Waals surface area contributed by atoms with Crippen molar-refractivity contribution in [2.24, 2.45) is 11.8 Å². The van der Waals surface area contributed by atoms with Crippen LogP contribution in [0.25, 0.3) is 22.3 Å². The zero-order valence-electron chi connectivity index (χ0n) is 34.5. The van der Waals surface area contributed by atoms with Gasteiger partial charge in [-0.1, -0.05) is 138 Å². The third kappa shape index (κ3) is 7.37. The van der Waals surface area contributed by atoms with Gasteiger partial charge < -0.3 is 9.05 Å². The number of aryl methyl sites for hydroxylation is 1. The van der Waals surface area contributed by atoms with E-state index in [1.54, 1.807) is 0 Å². The molecular weight excluding hydrogens is 671 g/mol. The van der Waals surface area contributed by atoms with E-state index in [1.165, 1.54) is 39.8 Å². The van der Waals surface area contributed by atoms with Gasteiger partial charge in [0.15, 0.2) is 0 Å². The highest BCUT2D eigenvalue weighted by molar-refractivity contribution is 7.48. The number of phosphoric acid groups is 1. The summed E-state index contributed by atoms with van der Waals surface area (Å²) in [7, 11) is -4.62. The topological polar surface area (TPSA) is 55.8 Å². The molecule has 1 N–H and O–H groups in total. The lowest BCUT2D eigenvalue weighted by Crippen LogP contribution is -2.26. The Morgan fingerprint density at radius 3 is 1.68 bits per heavy atom. The predicted molar refractivity (Wildman–Crippen MR) is 222 cm³/mol. The highest BCUT2D eigenvalue weighted by Crippen LogP contribution is 2.63. The highest BCUT2D eigenvalue weighted by Gasteiger charge is 2.45. The molecule has 1 saturated carbocycles. The molecule has 0 saturated heterocycles. The molecule has 284 valence electrons. The molecule has 0 amide bonds. The van der Waals surface area contributed by atoms with E-state index in [9.17, 15) is 9.46 Å². The number of fused-ring (bicyclic) bond motifs is 6. The van der Waals surface area contributed by atoms with Crippen molar-refractivity contribution >= 4 is 19.0 Å². The summed E-state index contributed by atoms with van der Waals surface area (Å²) in [5.41, 5.74) is 13.3. The zero-order chi connectivity index (χ0) is 38.5. The molecular formula is C48H63O4P. The largest absolute Gasteiger partial charge is 0.584 e. The Morgan fingerprint density at radius 1 is 0.623 bits per heavy atom. The molecule has 4 nitrogen and oxygen atoms in total. The van der Waals surface area contributed by atoms with E-state index in [0.29, 0.717) is 17.4 Å². The summed E-state index contributed by atoms with van der Waals surface area (Å²) in [4.78, 5) is 11.9. The first kappa shape index (κ1) is 38.2. The quantitative estimate of drug-likeness (QED) is 0.266. The Hall–Kier alpha value is -3.07. The van der Waals surface area contributed by atoms with Gasteiger partial charge in [0.2, 0.25) is 0 Å². The SMILES string of the molecule is CC(C)(C)c1cc(C2=CC3CCCCC3C3=C2OP(=O)(O)Oc2c(-c4cc(C(C)(C)C)cc(C(C)(C)C)c4)cc4c(c23)CCCC4)cc(C(C)(C)C)c1. The molecule has 0 spiro atoms. The minimum absolute atomic E-state index is 0.0798. The summed E-state index contributed by atoms with van der Waals surface area (Å²) < 4.78 is 27.5. The summed E-state index contributed by atoms with van der Waals surface area (Å²) in [6.07, 6.45) is 10.9. The first-order chi connectivity index (χ1) is 24.5. The molecule has 3 unspecified atom stereocenters. The van der Waals surface area contributed by atoms with Gasteiger partial charge in [-0.25, -0.2) is 4.57 Å². The number of phosphoric ester groups is 1. The monoisotopic (exact) mass is 734 g/mol. The van der Waals surface area contributed by atoms with Gasteiger partial charge in [0.1, 0.15) is 11.5 Å². The van der Waals surface area contributed by atoms with Crippen LogP contribution in [0.4, 0.5) is 0 Å². The van der Waals surface area contributed by atoms with Crippen LogP contribution in [-0.2, 0) is 43.6 Å². The molecule has 3 aromatic rings. The van der Waals surface area contributed by atoms with Crippen LogP contribution >= 0.6 is 7.82 Å². The zero-order valence-corrected chi connectivity index (χ0v) is 35.4. The Balaban J connectivity index is 1.58. The van der Waals surface area contributed by atoms with E-state index in [4.69, 9.17) is 9.05 Å². The standard InChI is InChI=1S/C48H63O4P/c1-45(2,3)33-21-31(22-34(27-33)46(4,5)6)39-25-29-17-13-15-19-37(29)41-42-38-20-16-14-18-30(38)26-40(44(42)52-53(49,50)51-43(39)41)32-23-35(47(7,8)9)28-36(24-32)48(10,11)12/h21-29,37H,13-20H2,1-12H3,(H,49,50). The van der Waals surface area contributed by atoms with Gasteiger partial charge in [0.25, 0.3) is 0 Å². The summed E-state index contributed by atoms with van der Waals surface area (Å²) in [6, 6.07) is 16.1. The van der Waals surface area contributed by atoms with Crippen LogP contribution in [0, 0.1) is 11.8 Å². The maximum absolute atomic E-state index is 14.5. The van der Waals surface area contributed by atoms with Crippen molar-refractivity contribution in [1.82, 2.24) is 0 Å².